The van der Waals surface area contributed by atoms with Crippen molar-refractivity contribution < 1.29 is 0 Å². The van der Waals surface area contributed by atoms with E-state index in [0.717, 1.165) is 110 Å². The maximum Gasteiger partial charge on any atom is 0.0971 e. The van der Waals surface area contributed by atoms with Crippen LogP contribution in [0.5, 0.6) is 0 Å². The van der Waals surface area contributed by atoms with Crippen molar-refractivity contribution in [3.05, 3.63) is 170 Å². The van der Waals surface area contributed by atoms with E-state index in [0.29, 0.717) is 0 Å². The summed E-state index contributed by atoms with van der Waals surface area (Å²) in [7, 11) is 0. The molecule has 54 heavy (non-hydrogen) atoms. The lowest BCUT2D eigenvalue weighted by molar-refractivity contribution is 1.35. The molecule has 0 spiro atoms. The molecule has 0 fully saturated rings. The van der Waals surface area contributed by atoms with Crippen LogP contribution in [0.15, 0.2) is 170 Å². The average molecular weight is 689 g/mol. The van der Waals surface area contributed by atoms with Gasteiger partial charge in [0.2, 0.25) is 0 Å². The third-order valence-electron chi connectivity index (χ3n) is 10.5. The minimum absolute atomic E-state index is 0.880. The van der Waals surface area contributed by atoms with E-state index in [1.807, 2.05) is 43.0 Å². The van der Waals surface area contributed by atoms with Crippen LogP contribution in [-0.2, 0) is 0 Å². The Morgan fingerprint density at radius 1 is 0.296 bits per heavy atom. The number of hydrogen-bond acceptors (Lipinski definition) is 6. The number of rotatable bonds is 4. The first-order chi connectivity index (χ1) is 26.7. The Labute approximate surface area is 309 Å². The first kappa shape index (κ1) is 30.2. The largest absolute Gasteiger partial charge is 0.254 e. The molecule has 0 saturated heterocycles. The van der Waals surface area contributed by atoms with Crippen LogP contribution in [0.3, 0.4) is 0 Å². The van der Waals surface area contributed by atoms with E-state index in [1.165, 1.54) is 0 Å². The minimum Gasteiger partial charge on any atom is -0.254 e. The summed E-state index contributed by atoms with van der Waals surface area (Å²) in [5.41, 5.74) is 13.9. The smallest absolute Gasteiger partial charge is 0.0971 e. The maximum absolute atomic E-state index is 5.16. The highest BCUT2D eigenvalue weighted by molar-refractivity contribution is 6.09. The second-order valence-electron chi connectivity index (χ2n) is 13.6. The van der Waals surface area contributed by atoms with Crippen molar-refractivity contribution in [2.75, 3.05) is 0 Å². The molecule has 0 atom stereocenters. The van der Waals surface area contributed by atoms with E-state index in [1.54, 1.807) is 0 Å². The minimum atomic E-state index is 0.880. The van der Waals surface area contributed by atoms with Crippen molar-refractivity contribution in [3.8, 4) is 44.8 Å². The van der Waals surface area contributed by atoms with Crippen molar-refractivity contribution in [1.29, 1.82) is 0 Å². The van der Waals surface area contributed by atoms with Crippen LogP contribution in [-0.4, -0.2) is 29.9 Å². The molecular weight excluding hydrogens is 661 g/mol. The molecule has 6 heteroatoms. The second kappa shape index (κ2) is 12.1. The quantitative estimate of drug-likeness (QED) is 0.171. The zero-order valence-electron chi connectivity index (χ0n) is 28.8. The number of pyridine rings is 6. The molecule has 0 radical (unpaired) electrons. The molecule has 0 aliphatic heterocycles. The summed E-state index contributed by atoms with van der Waals surface area (Å²) >= 11 is 0. The van der Waals surface area contributed by atoms with Crippen molar-refractivity contribution >= 4 is 65.4 Å². The summed E-state index contributed by atoms with van der Waals surface area (Å²) in [4.78, 5) is 28.9. The second-order valence-corrected chi connectivity index (χ2v) is 13.6. The van der Waals surface area contributed by atoms with Crippen LogP contribution in [0.2, 0.25) is 0 Å². The highest BCUT2D eigenvalue weighted by atomic mass is 14.8. The SMILES string of the molecule is c1cnc2c(c1)ccc1c(-c3ccc(-c4ccc5ccc(-c6ccc7ccc(-c8ccnc9c8ccc8cccnc89)nc7c6)nc5c4)cc3)ccnc12. The first-order valence-electron chi connectivity index (χ1n) is 17.9. The van der Waals surface area contributed by atoms with Gasteiger partial charge in [0.1, 0.15) is 0 Å². The topological polar surface area (TPSA) is 77.3 Å². The fourth-order valence-corrected chi connectivity index (χ4v) is 7.71. The lowest BCUT2D eigenvalue weighted by Gasteiger charge is -2.10. The molecule has 0 bridgehead atoms. The van der Waals surface area contributed by atoms with Gasteiger partial charge in [-0.25, -0.2) is 9.97 Å². The molecule has 6 aromatic heterocycles. The van der Waals surface area contributed by atoms with E-state index in [-0.39, 0.29) is 0 Å². The molecule has 5 aromatic carbocycles. The molecule has 0 unspecified atom stereocenters. The van der Waals surface area contributed by atoms with Crippen LogP contribution < -0.4 is 0 Å². The molecule has 11 rings (SSSR count). The number of hydrogen-bond donors (Lipinski definition) is 0. The van der Waals surface area contributed by atoms with E-state index >= 15 is 0 Å². The van der Waals surface area contributed by atoms with Crippen LogP contribution in [0.1, 0.15) is 0 Å². The van der Waals surface area contributed by atoms with Gasteiger partial charge in [-0.3, -0.25) is 19.9 Å². The third-order valence-corrected chi connectivity index (χ3v) is 10.5. The van der Waals surface area contributed by atoms with Gasteiger partial charge in [0.25, 0.3) is 0 Å². The van der Waals surface area contributed by atoms with Crippen molar-refractivity contribution in [1.82, 2.24) is 29.9 Å². The lowest BCUT2D eigenvalue weighted by Crippen LogP contribution is -1.91. The van der Waals surface area contributed by atoms with Gasteiger partial charge in [0.05, 0.1) is 44.5 Å². The monoisotopic (exact) mass is 688 g/mol. The summed E-state index contributed by atoms with van der Waals surface area (Å²) in [5, 5.41) is 6.45. The average Bonchev–Trinajstić information content (AvgIpc) is 3.25. The normalized spacial score (nSPS) is 11.7. The summed E-state index contributed by atoms with van der Waals surface area (Å²) < 4.78 is 0. The van der Waals surface area contributed by atoms with E-state index in [9.17, 15) is 0 Å². The standard InChI is InChI=1S/C48H28N6/c1-3-33-13-17-39-37(21-25-51-47(39)45(33)49-23-1)30-7-5-29(6-8-30)35-11-9-31-15-19-41(53-43(31)27-35)36-12-10-32-16-20-42(54-44(32)28-36)38-22-26-52-48-40(38)18-14-34-4-2-24-50-46(34)48/h1-28H. The zero-order valence-corrected chi connectivity index (χ0v) is 28.8. The summed E-state index contributed by atoms with van der Waals surface area (Å²) in [6.07, 6.45) is 7.36. The molecule has 0 N–H and O–H groups in total. The number of fused-ring (bicyclic) bond motifs is 8. The molecular formula is C48H28N6. The Kier molecular flexibility index (Phi) is 6.75. The third kappa shape index (κ3) is 4.96. The molecule has 0 amide bonds. The number of aromatic nitrogens is 6. The van der Waals surface area contributed by atoms with E-state index in [2.05, 4.69) is 137 Å². The lowest BCUT2D eigenvalue weighted by atomic mass is 9.97. The predicted molar refractivity (Wildman–Crippen MR) is 220 cm³/mol. The van der Waals surface area contributed by atoms with Crippen molar-refractivity contribution in [2.45, 2.75) is 0 Å². The zero-order chi connectivity index (χ0) is 35.6. The van der Waals surface area contributed by atoms with Gasteiger partial charge >= 0.3 is 0 Å². The van der Waals surface area contributed by atoms with Gasteiger partial charge in [-0.15, -0.1) is 0 Å². The van der Waals surface area contributed by atoms with E-state index < -0.39 is 0 Å². The van der Waals surface area contributed by atoms with Gasteiger partial charge in [0, 0.05) is 68.2 Å². The molecule has 11 aromatic rings. The summed E-state index contributed by atoms with van der Waals surface area (Å²) in [6, 6.07) is 50.7. The highest BCUT2D eigenvalue weighted by Gasteiger charge is 2.13. The Balaban J connectivity index is 0.930. The molecule has 0 aliphatic rings. The Morgan fingerprint density at radius 3 is 1.46 bits per heavy atom. The van der Waals surface area contributed by atoms with Gasteiger partial charge in [-0.2, -0.15) is 0 Å². The van der Waals surface area contributed by atoms with Gasteiger partial charge in [-0.1, -0.05) is 97.1 Å². The fourth-order valence-electron chi connectivity index (χ4n) is 7.71. The molecule has 250 valence electrons. The number of nitrogens with zero attached hydrogens (tertiary/aromatic N) is 6. The van der Waals surface area contributed by atoms with Crippen LogP contribution in [0.4, 0.5) is 0 Å². The maximum atomic E-state index is 5.16. The summed E-state index contributed by atoms with van der Waals surface area (Å²) in [5.74, 6) is 0. The van der Waals surface area contributed by atoms with Gasteiger partial charge in [-0.05, 0) is 70.8 Å². The van der Waals surface area contributed by atoms with Crippen LogP contribution in [0.25, 0.3) is 110 Å². The Bertz CT molecular complexity index is 3280. The van der Waals surface area contributed by atoms with Crippen LogP contribution in [0, 0.1) is 0 Å². The Hall–Kier alpha value is -7.44. The summed E-state index contributed by atoms with van der Waals surface area (Å²) in [6.45, 7) is 0. The molecule has 0 saturated carbocycles. The van der Waals surface area contributed by atoms with Crippen molar-refractivity contribution in [2.24, 2.45) is 0 Å². The molecule has 6 heterocycles. The van der Waals surface area contributed by atoms with E-state index in [4.69, 9.17) is 19.9 Å². The van der Waals surface area contributed by atoms with Crippen molar-refractivity contribution in [3.63, 3.8) is 0 Å². The van der Waals surface area contributed by atoms with Gasteiger partial charge < -0.3 is 0 Å². The Morgan fingerprint density at radius 2 is 0.778 bits per heavy atom. The number of benzene rings is 5. The predicted octanol–water partition coefficient (Wildman–Crippen LogP) is 11.6. The van der Waals surface area contributed by atoms with Gasteiger partial charge in [0.15, 0.2) is 0 Å². The van der Waals surface area contributed by atoms with Crippen LogP contribution >= 0.6 is 0 Å². The fraction of sp³-hybridized carbons (Fsp3) is 0. The molecule has 0 aliphatic carbocycles. The highest BCUT2D eigenvalue weighted by Crippen LogP contribution is 2.35. The molecule has 6 nitrogen and oxygen atoms in total. The first-order valence-corrected chi connectivity index (χ1v) is 17.9.